The Morgan fingerprint density at radius 3 is 2.33 bits per heavy atom. The molecule has 1 rings (SSSR count). The molecule has 0 bridgehead atoms. The first-order valence-corrected chi connectivity index (χ1v) is 6.51. The SMILES string of the molecule is C=CCOc1cc(OCC=C)c(CC=C)c(C(=O)OC)c1. The number of hydrogen-bond acceptors (Lipinski definition) is 4. The van der Waals surface area contributed by atoms with Crippen molar-refractivity contribution < 1.29 is 19.0 Å². The van der Waals surface area contributed by atoms with Crippen LogP contribution in [0.15, 0.2) is 50.1 Å². The first kappa shape index (κ1) is 16.6. The molecule has 0 aliphatic heterocycles. The molecule has 4 nitrogen and oxygen atoms in total. The predicted octanol–water partition coefficient (Wildman–Crippen LogP) is 3.33. The van der Waals surface area contributed by atoms with E-state index in [0.29, 0.717) is 42.3 Å². The largest absolute Gasteiger partial charge is 0.489 e. The monoisotopic (exact) mass is 288 g/mol. The summed E-state index contributed by atoms with van der Waals surface area (Å²) >= 11 is 0. The number of ether oxygens (including phenoxy) is 3. The molecule has 0 radical (unpaired) electrons. The van der Waals surface area contributed by atoms with Gasteiger partial charge in [-0.05, 0) is 12.5 Å². The molecule has 0 unspecified atom stereocenters. The number of benzene rings is 1. The van der Waals surface area contributed by atoms with E-state index in [0.717, 1.165) is 0 Å². The van der Waals surface area contributed by atoms with Crippen molar-refractivity contribution in [3.8, 4) is 11.5 Å². The van der Waals surface area contributed by atoms with Crippen LogP contribution in [0, 0.1) is 0 Å². The fraction of sp³-hybridized carbons (Fsp3) is 0.235. The van der Waals surface area contributed by atoms with E-state index in [-0.39, 0.29) is 0 Å². The van der Waals surface area contributed by atoms with E-state index >= 15 is 0 Å². The quantitative estimate of drug-likeness (QED) is 0.516. The lowest BCUT2D eigenvalue weighted by Gasteiger charge is -2.15. The van der Waals surface area contributed by atoms with Crippen LogP contribution in [-0.4, -0.2) is 26.3 Å². The third-order valence-electron chi connectivity index (χ3n) is 2.66. The first-order chi connectivity index (χ1) is 10.2. The lowest BCUT2D eigenvalue weighted by molar-refractivity contribution is 0.0598. The normalized spacial score (nSPS) is 9.57. The van der Waals surface area contributed by atoms with Gasteiger partial charge in [0.05, 0.1) is 12.7 Å². The highest BCUT2D eigenvalue weighted by atomic mass is 16.5. The van der Waals surface area contributed by atoms with Gasteiger partial charge in [-0.2, -0.15) is 0 Å². The summed E-state index contributed by atoms with van der Waals surface area (Å²) in [5.41, 5.74) is 1.11. The molecule has 1 aromatic carbocycles. The minimum absolute atomic E-state index is 0.329. The van der Waals surface area contributed by atoms with Crippen LogP contribution in [0.25, 0.3) is 0 Å². The maximum Gasteiger partial charge on any atom is 0.338 e. The Balaban J connectivity index is 3.32. The van der Waals surface area contributed by atoms with E-state index < -0.39 is 5.97 Å². The van der Waals surface area contributed by atoms with Crippen LogP contribution >= 0.6 is 0 Å². The zero-order valence-corrected chi connectivity index (χ0v) is 12.3. The second kappa shape index (κ2) is 8.64. The third-order valence-corrected chi connectivity index (χ3v) is 2.66. The molecule has 1 aromatic rings. The summed E-state index contributed by atoms with van der Waals surface area (Å²) in [6.07, 6.45) is 5.44. The van der Waals surface area contributed by atoms with Gasteiger partial charge in [0.2, 0.25) is 0 Å². The van der Waals surface area contributed by atoms with E-state index in [1.807, 2.05) is 0 Å². The number of rotatable bonds is 9. The van der Waals surface area contributed by atoms with E-state index in [4.69, 9.17) is 14.2 Å². The summed E-state index contributed by atoms with van der Waals surface area (Å²) in [4.78, 5) is 12.0. The van der Waals surface area contributed by atoms with Gasteiger partial charge in [-0.1, -0.05) is 31.4 Å². The summed E-state index contributed by atoms with van der Waals surface area (Å²) in [6, 6.07) is 3.37. The lowest BCUT2D eigenvalue weighted by Crippen LogP contribution is -2.09. The molecule has 4 heteroatoms. The average Bonchev–Trinajstić information content (AvgIpc) is 2.51. The number of allylic oxidation sites excluding steroid dienone is 1. The fourth-order valence-electron chi connectivity index (χ4n) is 1.78. The Hall–Kier alpha value is -2.49. The van der Waals surface area contributed by atoms with Crippen molar-refractivity contribution in [1.29, 1.82) is 0 Å². The van der Waals surface area contributed by atoms with E-state index in [1.54, 1.807) is 30.4 Å². The maximum absolute atomic E-state index is 12.0. The summed E-state index contributed by atoms with van der Waals surface area (Å²) in [6.45, 7) is 11.6. The first-order valence-electron chi connectivity index (χ1n) is 6.51. The Labute approximate surface area is 125 Å². The van der Waals surface area contributed by atoms with Crippen molar-refractivity contribution in [3.63, 3.8) is 0 Å². The summed E-state index contributed by atoms with van der Waals surface area (Å²) in [5, 5.41) is 0. The standard InChI is InChI=1S/C17H20O4/c1-5-8-14-15(17(18)19-4)11-13(20-9-6-2)12-16(14)21-10-7-3/h5-7,11-12H,1-3,8-10H2,4H3. The van der Waals surface area contributed by atoms with Gasteiger partial charge in [0.25, 0.3) is 0 Å². The molecular formula is C17H20O4. The minimum atomic E-state index is -0.445. The summed E-state index contributed by atoms with van der Waals surface area (Å²) in [5.74, 6) is 0.623. The molecule has 0 saturated carbocycles. The topological polar surface area (TPSA) is 44.8 Å². The van der Waals surface area contributed by atoms with Crippen LogP contribution in [0.5, 0.6) is 11.5 Å². The highest BCUT2D eigenvalue weighted by Gasteiger charge is 2.18. The lowest BCUT2D eigenvalue weighted by atomic mass is 10.0. The van der Waals surface area contributed by atoms with Crippen molar-refractivity contribution in [2.45, 2.75) is 6.42 Å². The molecular weight excluding hydrogens is 268 g/mol. The Morgan fingerprint density at radius 1 is 1.10 bits per heavy atom. The molecule has 0 heterocycles. The van der Waals surface area contributed by atoms with Crippen LogP contribution in [0.1, 0.15) is 15.9 Å². The minimum Gasteiger partial charge on any atom is -0.489 e. The number of carbonyl (C=O) groups is 1. The highest BCUT2D eigenvalue weighted by molar-refractivity contribution is 5.92. The Morgan fingerprint density at radius 2 is 1.76 bits per heavy atom. The van der Waals surface area contributed by atoms with Gasteiger partial charge in [-0.15, -0.1) is 6.58 Å². The summed E-state index contributed by atoms with van der Waals surface area (Å²) < 4.78 is 15.9. The molecule has 0 atom stereocenters. The van der Waals surface area contributed by atoms with Gasteiger partial charge in [0.15, 0.2) is 0 Å². The molecule has 21 heavy (non-hydrogen) atoms. The smallest absolute Gasteiger partial charge is 0.338 e. The molecule has 0 spiro atoms. The van der Waals surface area contributed by atoms with E-state index in [2.05, 4.69) is 19.7 Å². The number of methoxy groups -OCH3 is 1. The maximum atomic E-state index is 12.0. The van der Waals surface area contributed by atoms with Crippen molar-refractivity contribution in [2.24, 2.45) is 0 Å². The molecule has 0 amide bonds. The number of esters is 1. The van der Waals surface area contributed by atoms with Crippen molar-refractivity contribution in [2.75, 3.05) is 20.3 Å². The van der Waals surface area contributed by atoms with Gasteiger partial charge in [0.1, 0.15) is 24.7 Å². The van der Waals surface area contributed by atoms with Crippen LogP contribution < -0.4 is 9.47 Å². The molecule has 0 fully saturated rings. The van der Waals surface area contributed by atoms with Gasteiger partial charge < -0.3 is 14.2 Å². The molecule has 0 aliphatic carbocycles. The Kier molecular flexibility index (Phi) is 6.81. The summed E-state index contributed by atoms with van der Waals surface area (Å²) in [7, 11) is 1.33. The average molecular weight is 288 g/mol. The molecule has 0 aliphatic rings. The van der Waals surface area contributed by atoms with Crippen LogP contribution in [-0.2, 0) is 11.2 Å². The zero-order chi connectivity index (χ0) is 15.7. The second-order valence-corrected chi connectivity index (χ2v) is 4.13. The second-order valence-electron chi connectivity index (χ2n) is 4.13. The van der Waals surface area contributed by atoms with Crippen molar-refractivity contribution >= 4 is 5.97 Å². The molecule has 0 saturated heterocycles. The Bertz CT molecular complexity index is 532. The van der Waals surface area contributed by atoms with Crippen molar-refractivity contribution in [3.05, 3.63) is 61.2 Å². The van der Waals surface area contributed by atoms with Gasteiger partial charge in [0, 0.05) is 11.6 Å². The number of hydrogen-bond donors (Lipinski definition) is 0. The third kappa shape index (κ3) is 4.53. The van der Waals surface area contributed by atoms with Crippen molar-refractivity contribution in [1.82, 2.24) is 0 Å². The van der Waals surface area contributed by atoms with Crippen LogP contribution in [0.3, 0.4) is 0 Å². The van der Waals surface area contributed by atoms with E-state index in [1.165, 1.54) is 7.11 Å². The van der Waals surface area contributed by atoms with Crippen LogP contribution in [0.4, 0.5) is 0 Å². The molecule has 0 N–H and O–H groups in total. The van der Waals surface area contributed by atoms with Gasteiger partial charge >= 0.3 is 5.97 Å². The van der Waals surface area contributed by atoms with E-state index in [9.17, 15) is 4.79 Å². The molecule has 0 aromatic heterocycles. The highest BCUT2D eigenvalue weighted by Crippen LogP contribution is 2.30. The molecule has 112 valence electrons. The predicted molar refractivity (Wildman–Crippen MR) is 83.1 cm³/mol. The van der Waals surface area contributed by atoms with Gasteiger partial charge in [-0.25, -0.2) is 4.79 Å². The van der Waals surface area contributed by atoms with Gasteiger partial charge in [-0.3, -0.25) is 0 Å². The fourth-order valence-corrected chi connectivity index (χ4v) is 1.78. The number of carbonyl (C=O) groups excluding carboxylic acids is 1. The zero-order valence-electron chi connectivity index (χ0n) is 12.3. The van der Waals surface area contributed by atoms with Crippen LogP contribution in [0.2, 0.25) is 0 Å².